The molecule has 0 spiro atoms. The molecule has 0 saturated heterocycles. The summed E-state index contributed by atoms with van der Waals surface area (Å²) in [7, 11) is 0. The predicted octanol–water partition coefficient (Wildman–Crippen LogP) is 17.2. The summed E-state index contributed by atoms with van der Waals surface area (Å²) in [6, 6.07) is -0.548. The van der Waals surface area contributed by atoms with Crippen LogP contribution in [0, 0.1) is 0 Å². The number of nitrogens with one attached hydrogen (secondary N) is 1. The molecule has 1 amide bonds. The predicted molar refractivity (Wildman–Crippen MR) is 278 cm³/mol. The third kappa shape index (κ3) is 49.5. The molecule has 0 heterocycles. The number of ether oxygens (including phenoxy) is 1. The van der Waals surface area contributed by atoms with E-state index in [4.69, 9.17) is 4.74 Å². The van der Waals surface area contributed by atoms with Crippen molar-refractivity contribution in [3.8, 4) is 0 Å². The number of rotatable bonds is 52. The van der Waals surface area contributed by atoms with Crippen molar-refractivity contribution >= 4 is 11.9 Å². The Hall–Kier alpha value is -1.92. The van der Waals surface area contributed by atoms with Gasteiger partial charge in [-0.2, -0.15) is 0 Å². The van der Waals surface area contributed by atoms with Crippen molar-refractivity contribution in [3.63, 3.8) is 0 Å². The van der Waals surface area contributed by atoms with Crippen molar-refractivity contribution in [2.24, 2.45) is 0 Å². The third-order valence-electron chi connectivity index (χ3n) is 12.9. The third-order valence-corrected chi connectivity index (χ3v) is 12.9. The van der Waals surface area contributed by atoms with Gasteiger partial charge in [-0.15, -0.1) is 0 Å². The number of esters is 1. The lowest BCUT2D eigenvalue weighted by Crippen LogP contribution is -2.45. The fourth-order valence-corrected chi connectivity index (χ4v) is 8.57. The zero-order chi connectivity index (χ0) is 46.5. The Balaban J connectivity index is 3.45. The van der Waals surface area contributed by atoms with Crippen molar-refractivity contribution in [2.75, 3.05) is 13.2 Å². The second-order valence-corrected chi connectivity index (χ2v) is 19.3. The number of hydrogen-bond donors (Lipinski definition) is 3. The van der Waals surface area contributed by atoms with Crippen LogP contribution >= 0.6 is 0 Å². The van der Waals surface area contributed by atoms with E-state index in [1.54, 1.807) is 0 Å². The standard InChI is InChI=1S/C58H109NO5/c1-3-5-7-9-11-13-15-16-17-18-23-26-29-32-36-40-44-48-52-58(63)64-53-49-45-41-37-33-30-27-24-21-19-20-22-25-28-31-35-39-43-47-51-57(62)59-55(54-60)56(61)50-46-42-38-34-14-12-10-8-6-4-2/h17-18,24,27,30,33,55-56,60-61H,3-16,19-23,25-26,28-29,31-32,34-54H2,1-2H3,(H,59,62)/b18-17-,27-24-,33-30-. The fourth-order valence-electron chi connectivity index (χ4n) is 8.57. The second kappa shape index (κ2) is 53.7. The molecule has 6 nitrogen and oxygen atoms in total. The Kier molecular flexibility index (Phi) is 52.1. The summed E-state index contributed by atoms with van der Waals surface area (Å²) in [4.78, 5) is 24.5. The maximum absolute atomic E-state index is 12.4. The highest BCUT2D eigenvalue weighted by Gasteiger charge is 2.20. The monoisotopic (exact) mass is 900 g/mol. The molecular weight excluding hydrogens is 791 g/mol. The van der Waals surface area contributed by atoms with Crippen LogP contribution < -0.4 is 5.32 Å². The summed E-state index contributed by atoms with van der Waals surface area (Å²) >= 11 is 0. The molecule has 64 heavy (non-hydrogen) atoms. The smallest absolute Gasteiger partial charge is 0.305 e. The van der Waals surface area contributed by atoms with Gasteiger partial charge in [-0.05, 0) is 83.5 Å². The summed E-state index contributed by atoms with van der Waals surface area (Å²) in [6.07, 6.45) is 65.7. The van der Waals surface area contributed by atoms with Crippen LogP contribution in [-0.4, -0.2) is 47.4 Å². The van der Waals surface area contributed by atoms with Gasteiger partial charge in [-0.25, -0.2) is 0 Å². The Morgan fingerprint density at radius 1 is 0.438 bits per heavy atom. The van der Waals surface area contributed by atoms with Crippen molar-refractivity contribution in [1.29, 1.82) is 0 Å². The molecule has 0 aliphatic carbocycles. The number of carbonyl (C=O) groups excluding carboxylic acids is 2. The van der Waals surface area contributed by atoms with E-state index in [1.165, 1.54) is 193 Å². The maximum atomic E-state index is 12.4. The Morgan fingerprint density at radius 3 is 1.20 bits per heavy atom. The topological polar surface area (TPSA) is 95.9 Å². The molecule has 2 unspecified atom stereocenters. The maximum Gasteiger partial charge on any atom is 0.305 e. The molecule has 6 heteroatoms. The molecule has 0 aromatic carbocycles. The largest absolute Gasteiger partial charge is 0.466 e. The minimum Gasteiger partial charge on any atom is -0.466 e. The van der Waals surface area contributed by atoms with Crippen LogP contribution in [0.15, 0.2) is 36.5 Å². The number of allylic oxidation sites excluding steroid dienone is 6. The molecule has 3 N–H and O–H groups in total. The number of aliphatic hydroxyl groups is 2. The molecule has 0 bridgehead atoms. The van der Waals surface area contributed by atoms with Gasteiger partial charge in [0.15, 0.2) is 0 Å². The lowest BCUT2D eigenvalue weighted by molar-refractivity contribution is -0.143. The first-order chi connectivity index (χ1) is 31.5. The molecular formula is C58H109NO5. The molecule has 0 radical (unpaired) electrons. The lowest BCUT2D eigenvalue weighted by atomic mass is 10.0. The first-order valence-electron chi connectivity index (χ1n) is 28.3. The van der Waals surface area contributed by atoms with Crippen molar-refractivity contribution < 1.29 is 24.5 Å². The van der Waals surface area contributed by atoms with Crippen molar-refractivity contribution in [3.05, 3.63) is 36.5 Å². The lowest BCUT2D eigenvalue weighted by Gasteiger charge is -2.22. The molecule has 0 saturated carbocycles. The first-order valence-corrected chi connectivity index (χ1v) is 28.3. The molecule has 0 rings (SSSR count). The van der Waals surface area contributed by atoms with E-state index >= 15 is 0 Å². The summed E-state index contributed by atoms with van der Waals surface area (Å²) in [6.45, 7) is 4.89. The highest BCUT2D eigenvalue weighted by Crippen LogP contribution is 2.16. The number of unbranched alkanes of at least 4 members (excludes halogenated alkanes) is 36. The molecule has 0 aromatic heterocycles. The molecule has 0 aliphatic heterocycles. The molecule has 0 aromatic rings. The summed E-state index contributed by atoms with van der Waals surface area (Å²) in [5, 5.41) is 23.1. The van der Waals surface area contributed by atoms with Gasteiger partial charge in [-0.1, -0.05) is 237 Å². The van der Waals surface area contributed by atoms with Gasteiger partial charge in [0.1, 0.15) is 0 Å². The van der Waals surface area contributed by atoms with Gasteiger partial charge in [0, 0.05) is 12.8 Å². The molecule has 2 atom stereocenters. The normalized spacial score (nSPS) is 12.9. The van der Waals surface area contributed by atoms with Crippen LogP contribution in [0.3, 0.4) is 0 Å². The highest BCUT2D eigenvalue weighted by atomic mass is 16.5. The zero-order valence-corrected chi connectivity index (χ0v) is 42.8. The van der Waals surface area contributed by atoms with Crippen molar-refractivity contribution in [2.45, 2.75) is 309 Å². The van der Waals surface area contributed by atoms with Crippen LogP contribution in [0.4, 0.5) is 0 Å². The van der Waals surface area contributed by atoms with Gasteiger partial charge < -0.3 is 20.3 Å². The van der Waals surface area contributed by atoms with Gasteiger partial charge >= 0.3 is 5.97 Å². The number of aliphatic hydroxyl groups excluding tert-OH is 2. The van der Waals surface area contributed by atoms with Crippen LogP contribution in [0.25, 0.3) is 0 Å². The summed E-state index contributed by atoms with van der Waals surface area (Å²) in [5.74, 6) is -0.0636. The van der Waals surface area contributed by atoms with Gasteiger partial charge in [0.2, 0.25) is 5.91 Å². The number of amides is 1. The van der Waals surface area contributed by atoms with Crippen LogP contribution in [0.2, 0.25) is 0 Å². The van der Waals surface area contributed by atoms with Crippen LogP contribution in [0.5, 0.6) is 0 Å². The van der Waals surface area contributed by atoms with Gasteiger partial charge in [-0.3, -0.25) is 9.59 Å². The second-order valence-electron chi connectivity index (χ2n) is 19.3. The van der Waals surface area contributed by atoms with Crippen molar-refractivity contribution in [1.82, 2.24) is 5.32 Å². The average Bonchev–Trinajstić information content (AvgIpc) is 3.29. The average molecular weight is 901 g/mol. The number of carbonyl (C=O) groups is 2. The van der Waals surface area contributed by atoms with E-state index in [0.717, 1.165) is 70.6 Å². The first kappa shape index (κ1) is 62.1. The summed E-state index contributed by atoms with van der Waals surface area (Å²) in [5.41, 5.74) is 0. The van der Waals surface area contributed by atoms with E-state index in [9.17, 15) is 19.8 Å². The van der Waals surface area contributed by atoms with E-state index in [2.05, 4.69) is 55.6 Å². The molecule has 0 aliphatic rings. The molecule has 376 valence electrons. The van der Waals surface area contributed by atoms with E-state index < -0.39 is 12.1 Å². The Morgan fingerprint density at radius 2 is 0.781 bits per heavy atom. The summed E-state index contributed by atoms with van der Waals surface area (Å²) < 4.78 is 5.46. The molecule has 0 fully saturated rings. The fraction of sp³-hybridized carbons (Fsp3) is 0.862. The minimum absolute atomic E-state index is 0.0166. The quantitative estimate of drug-likeness (QED) is 0.0245. The Bertz CT molecular complexity index is 1040. The van der Waals surface area contributed by atoms with Crippen LogP contribution in [-0.2, 0) is 14.3 Å². The van der Waals surface area contributed by atoms with Gasteiger partial charge in [0.25, 0.3) is 0 Å². The minimum atomic E-state index is -0.669. The van der Waals surface area contributed by atoms with E-state index in [1.807, 2.05) is 0 Å². The zero-order valence-electron chi connectivity index (χ0n) is 42.8. The number of hydrogen-bond acceptors (Lipinski definition) is 5. The van der Waals surface area contributed by atoms with E-state index in [-0.39, 0.29) is 18.5 Å². The van der Waals surface area contributed by atoms with Gasteiger partial charge in [0.05, 0.1) is 25.4 Å². The SMILES string of the molecule is CCCCCCCCC/C=C\CCCCCCCCCC(=O)OCCCCC/C=C\C=C/CCCCCCCCCCCCC(=O)NC(CO)C(O)CCCCCCCCCCCC. The Labute approximate surface area is 398 Å². The highest BCUT2D eigenvalue weighted by molar-refractivity contribution is 5.76. The van der Waals surface area contributed by atoms with E-state index in [0.29, 0.717) is 25.9 Å². The van der Waals surface area contributed by atoms with Crippen LogP contribution in [0.1, 0.15) is 296 Å².